The van der Waals surface area contributed by atoms with Gasteiger partial charge in [0.05, 0.1) is 30.3 Å². The average molecular weight is 356 g/mol. The van der Waals surface area contributed by atoms with E-state index in [-0.39, 0.29) is 11.6 Å². The van der Waals surface area contributed by atoms with Crippen LogP contribution in [0.5, 0.6) is 0 Å². The summed E-state index contributed by atoms with van der Waals surface area (Å²) in [6, 6.07) is 6.98. The number of para-hydroxylation sites is 1. The minimum absolute atomic E-state index is 0.248. The summed E-state index contributed by atoms with van der Waals surface area (Å²) in [6.07, 6.45) is 3.77. The van der Waals surface area contributed by atoms with Crippen LogP contribution in [-0.4, -0.2) is 35.0 Å². The Labute approximate surface area is 153 Å². The molecule has 0 saturated heterocycles. The Morgan fingerprint density at radius 1 is 1.15 bits per heavy atom. The van der Waals surface area contributed by atoms with Crippen LogP contribution in [0.25, 0.3) is 0 Å². The lowest BCUT2D eigenvalue weighted by Gasteiger charge is -2.11. The van der Waals surface area contributed by atoms with Gasteiger partial charge in [-0.05, 0) is 31.4 Å². The molecule has 1 aromatic carbocycles. The highest BCUT2D eigenvalue weighted by Crippen LogP contribution is 2.20. The highest BCUT2D eigenvalue weighted by molar-refractivity contribution is 5.96. The molecule has 2 N–H and O–H groups in total. The lowest BCUT2D eigenvalue weighted by atomic mass is 10.1. The molecule has 0 radical (unpaired) electrons. The van der Waals surface area contributed by atoms with Gasteiger partial charge in [-0.2, -0.15) is 0 Å². The molecule has 0 spiro atoms. The number of carbonyl (C=O) groups is 2. The maximum atomic E-state index is 12.0. The predicted molar refractivity (Wildman–Crippen MR) is 99.5 cm³/mol. The zero-order chi connectivity index (χ0) is 18.9. The lowest BCUT2D eigenvalue weighted by Crippen LogP contribution is -2.26. The fourth-order valence-corrected chi connectivity index (χ4v) is 2.19. The Morgan fingerprint density at radius 2 is 1.92 bits per heavy atom. The molecule has 1 heterocycles. The average Bonchev–Trinajstić information content (AvgIpc) is 2.62. The van der Waals surface area contributed by atoms with Gasteiger partial charge in [-0.25, -0.2) is 14.8 Å². The first kappa shape index (κ1) is 19.4. The van der Waals surface area contributed by atoms with E-state index in [1.807, 2.05) is 0 Å². The number of ether oxygens (including phenoxy) is 1. The normalized spacial score (nSPS) is 10.5. The molecule has 0 bridgehead atoms. The van der Waals surface area contributed by atoms with Gasteiger partial charge in [-0.1, -0.05) is 26.0 Å². The number of carbonyl (C=O) groups excluding carboxylic acids is 2. The number of benzene rings is 1. The number of hydrogen-bond donors (Lipinski definition) is 2. The van der Waals surface area contributed by atoms with Crippen molar-refractivity contribution in [2.75, 3.05) is 18.5 Å². The third kappa shape index (κ3) is 5.54. The molecule has 138 valence electrons. The summed E-state index contributed by atoms with van der Waals surface area (Å²) in [4.78, 5) is 32.3. The number of aromatic nitrogens is 2. The molecule has 0 atom stereocenters. The molecule has 0 saturated carbocycles. The smallest absolute Gasteiger partial charge is 0.340 e. The van der Waals surface area contributed by atoms with E-state index >= 15 is 0 Å². The summed E-state index contributed by atoms with van der Waals surface area (Å²) in [7, 11) is 0. The van der Waals surface area contributed by atoms with E-state index in [0.29, 0.717) is 36.1 Å². The number of nitrogens with zero attached hydrogens (tertiary/aromatic N) is 2. The zero-order valence-corrected chi connectivity index (χ0v) is 15.3. The van der Waals surface area contributed by atoms with Crippen molar-refractivity contribution in [3.63, 3.8) is 0 Å². The Morgan fingerprint density at radius 3 is 2.58 bits per heavy atom. The molecule has 0 aliphatic heterocycles. The first-order valence-corrected chi connectivity index (χ1v) is 8.64. The van der Waals surface area contributed by atoms with Gasteiger partial charge in [0.25, 0.3) is 5.91 Å². The van der Waals surface area contributed by atoms with Crippen molar-refractivity contribution in [2.45, 2.75) is 27.2 Å². The molecule has 7 nitrogen and oxygen atoms in total. The number of hydrogen-bond acceptors (Lipinski definition) is 6. The first-order chi connectivity index (χ1) is 12.5. The van der Waals surface area contributed by atoms with Crippen LogP contribution in [0.1, 0.15) is 48.0 Å². The summed E-state index contributed by atoms with van der Waals surface area (Å²) < 4.78 is 5.04. The Bertz CT molecular complexity index is 745. The van der Waals surface area contributed by atoms with Gasteiger partial charge < -0.3 is 15.4 Å². The summed E-state index contributed by atoms with van der Waals surface area (Å²) in [5, 5.41) is 5.84. The van der Waals surface area contributed by atoms with Crippen molar-refractivity contribution in [3.05, 3.63) is 47.9 Å². The molecule has 2 rings (SSSR count). The SMILES string of the molecule is CCOC(=O)c1ccccc1Nc1cnc(C(=O)NCCC(C)C)cn1. The molecule has 1 aromatic heterocycles. The van der Waals surface area contributed by atoms with E-state index in [9.17, 15) is 9.59 Å². The number of nitrogens with one attached hydrogen (secondary N) is 2. The monoisotopic (exact) mass is 356 g/mol. The van der Waals surface area contributed by atoms with Gasteiger partial charge in [-0.15, -0.1) is 0 Å². The van der Waals surface area contributed by atoms with Crippen molar-refractivity contribution in [1.82, 2.24) is 15.3 Å². The fraction of sp³-hybridized carbons (Fsp3) is 0.368. The standard InChI is InChI=1S/C19H24N4O3/c1-4-26-19(25)14-7-5-6-8-15(14)23-17-12-21-16(11-22-17)18(24)20-10-9-13(2)3/h5-8,11-13H,4,9-10H2,1-3H3,(H,20,24)(H,22,23). The molecule has 1 amide bonds. The van der Waals surface area contributed by atoms with E-state index in [1.54, 1.807) is 31.2 Å². The summed E-state index contributed by atoms with van der Waals surface area (Å²) >= 11 is 0. The second-order valence-electron chi connectivity index (χ2n) is 6.12. The number of amides is 1. The maximum Gasteiger partial charge on any atom is 0.340 e. The molecule has 0 unspecified atom stereocenters. The number of rotatable bonds is 8. The largest absolute Gasteiger partial charge is 0.462 e. The van der Waals surface area contributed by atoms with Gasteiger partial charge in [0, 0.05) is 6.54 Å². The first-order valence-electron chi connectivity index (χ1n) is 8.64. The Hall–Kier alpha value is -2.96. The quantitative estimate of drug-likeness (QED) is 0.706. The highest BCUT2D eigenvalue weighted by Gasteiger charge is 2.13. The Balaban J connectivity index is 2.04. The van der Waals surface area contributed by atoms with E-state index < -0.39 is 5.97 Å². The van der Waals surface area contributed by atoms with E-state index in [4.69, 9.17) is 4.74 Å². The summed E-state index contributed by atoms with van der Waals surface area (Å²) in [5.41, 5.74) is 1.22. The topological polar surface area (TPSA) is 93.2 Å². The van der Waals surface area contributed by atoms with Crippen LogP contribution >= 0.6 is 0 Å². The van der Waals surface area contributed by atoms with Crippen LogP contribution < -0.4 is 10.6 Å². The van der Waals surface area contributed by atoms with Crippen LogP contribution in [-0.2, 0) is 4.74 Å². The van der Waals surface area contributed by atoms with Crippen molar-refractivity contribution < 1.29 is 14.3 Å². The lowest BCUT2D eigenvalue weighted by molar-refractivity contribution is 0.0527. The molecule has 2 aromatic rings. The third-order valence-corrected chi connectivity index (χ3v) is 3.58. The van der Waals surface area contributed by atoms with Gasteiger partial charge in [0.15, 0.2) is 0 Å². The minimum Gasteiger partial charge on any atom is -0.462 e. The minimum atomic E-state index is -0.412. The van der Waals surface area contributed by atoms with Crippen LogP contribution in [0.15, 0.2) is 36.7 Å². The second-order valence-corrected chi connectivity index (χ2v) is 6.12. The second kappa shape index (κ2) is 9.50. The van der Waals surface area contributed by atoms with Crippen molar-refractivity contribution in [2.24, 2.45) is 5.92 Å². The zero-order valence-electron chi connectivity index (χ0n) is 15.3. The molecule has 0 fully saturated rings. The molecule has 0 aliphatic rings. The predicted octanol–water partition coefficient (Wildman–Crippen LogP) is 3.17. The van der Waals surface area contributed by atoms with E-state index in [2.05, 4.69) is 34.4 Å². The third-order valence-electron chi connectivity index (χ3n) is 3.58. The van der Waals surface area contributed by atoms with Crippen LogP contribution in [0.4, 0.5) is 11.5 Å². The van der Waals surface area contributed by atoms with Crippen LogP contribution in [0.2, 0.25) is 0 Å². The Kier molecular flexibility index (Phi) is 7.08. The molecular formula is C19H24N4O3. The number of esters is 1. The number of anilines is 2. The van der Waals surface area contributed by atoms with Gasteiger partial charge >= 0.3 is 5.97 Å². The molecular weight excluding hydrogens is 332 g/mol. The summed E-state index contributed by atoms with van der Waals surface area (Å²) in [6.45, 7) is 6.85. The van der Waals surface area contributed by atoms with E-state index in [0.717, 1.165) is 6.42 Å². The maximum absolute atomic E-state index is 12.0. The van der Waals surface area contributed by atoms with Crippen molar-refractivity contribution >= 4 is 23.4 Å². The van der Waals surface area contributed by atoms with Gasteiger partial charge in [0.2, 0.25) is 0 Å². The fourth-order valence-electron chi connectivity index (χ4n) is 2.19. The van der Waals surface area contributed by atoms with Crippen molar-refractivity contribution in [1.29, 1.82) is 0 Å². The molecule has 7 heteroatoms. The summed E-state index contributed by atoms with van der Waals surface area (Å²) in [5.74, 6) is 0.286. The molecule has 26 heavy (non-hydrogen) atoms. The van der Waals surface area contributed by atoms with Crippen LogP contribution in [0.3, 0.4) is 0 Å². The van der Waals surface area contributed by atoms with E-state index in [1.165, 1.54) is 12.4 Å². The van der Waals surface area contributed by atoms with Crippen molar-refractivity contribution in [3.8, 4) is 0 Å². The van der Waals surface area contributed by atoms with Crippen LogP contribution in [0, 0.1) is 5.92 Å². The van der Waals surface area contributed by atoms with Gasteiger partial charge in [0.1, 0.15) is 11.5 Å². The highest BCUT2D eigenvalue weighted by atomic mass is 16.5. The van der Waals surface area contributed by atoms with Gasteiger partial charge in [-0.3, -0.25) is 4.79 Å². The molecule has 0 aliphatic carbocycles.